The quantitative estimate of drug-likeness (QED) is 0.869. The molecular weight excluding hydrogens is 295 g/mol. The van der Waals surface area contributed by atoms with Crippen LogP contribution in [0.5, 0.6) is 5.75 Å². The molecule has 0 saturated carbocycles. The second-order valence-electron chi connectivity index (χ2n) is 4.43. The number of halogens is 2. The summed E-state index contributed by atoms with van der Waals surface area (Å²) in [5, 5.41) is 11.6. The third-order valence-corrected chi connectivity index (χ3v) is 3.60. The highest BCUT2D eigenvalue weighted by Crippen LogP contribution is 2.30. The fourth-order valence-corrected chi connectivity index (χ4v) is 2.45. The number of hydrogen-bond acceptors (Lipinski definition) is 2. The van der Waals surface area contributed by atoms with Crippen LogP contribution in [0, 0.1) is 0 Å². The second kappa shape index (κ2) is 6.98. The van der Waals surface area contributed by atoms with Crippen molar-refractivity contribution in [2.24, 2.45) is 0 Å². The Morgan fingerprint density at radius 2 is 1.90 bits per heavy atom. The number of benzene rings is 2. The molecule has 0 radical (unpaired) electrons. The van der Waals surface area contributed by atoms with Crippen LogP contribution in [0.15, 0.2) is 42.5 Å². The number of aliphatic hydroxyl groups excluding tert-OH is 1. The van der Waals surface area contributed by atoms with Crippen LogP contribution in [0.4, 0.5) is 0 Å². The molecule has 2 nitrogen and oxygen atoms in total. The minimum absolute atomic E-state index is 0.392. The molecule has 1 unspecified atom stereocenters. The summed E-state index contributed by atoms with van der Waals surface area (Å²) in [6, 6.07) is 12.7. The lowest BCUT2D eigenvalue weighted by Gasteiger charge is -2.16. The van der Waals surface area contributed by atoms with E-state index in [1.54, 1.807) is 18.2 Å². The third-order valence-electron chi connectivity index (χ3n) is 3.00. The largest absolute Gasteiger partial charge is 0.493 e. The first kappa shape index (κ1) is 15.2. The van der Waals surface area contributed by atoms with Crippen LogP contribution >= 0.6 is 23.2 Å². The Kier molecular flexibility index (Phi) is 5.30. The number of para-hydroxylation sites is 1. The maximum absolute atomic E-state index is 10.4. The van der Waals surface area contributed by atoms with Crippen LogP contribution in [0.1, 0.15) is 24.2 Å². The van der Waals surface area contributed by atoms with Crippen LogP contribution in [-0.4, -0.2) is 11.7 Å². The summed E-state index contributed by atoms with van der Waals surface area (Å²) < 4.78 is 5.53. The van der Waals surface area contributed by atoms with Crippen molar-refractivity contribution in [1.29, 1.82) is 0 Å². The average Bonchev–Trinajstić information content (AvgIpc) is 2.44. The van der Waals surface area contributed by atoms with E-state index in [-0.39, 0.29) is 0 Å². The predicted octanol–water partition coefficient (Wildman–Crippen LogP) is 4.67. The molecule has 0 aliphatic carbocycles. The maximum atomic E-state index is 10.4. The number of hydrogen-bond donors (Lipinski definition) is 1. The highest BCUT2D eigenvalue weighted by Gasteiger charge is 2.15. The van der Waals surface area contributed by atoms with E-state index in [0.29, 0.717) is 28.8 Å². The van der Waals surface area contributed by atoms with Gasteiger partial charge in [0.05, 0.1) is 12.7 Å². The smallest absolute Gasteiger partial charge is 0.125 e. The standard InChI is InChI=1S/C16H16Cl2O2/c1-2-20-16-6-4-3-5-13(16)15(19)10-11-9-12(17)7-8-14(11)18/h3-9,15,19H,2,10H2,1H3. The van der Waals surface area contributed by atoms with Crippen LogP contribution in [-0.2, 0) is 6.42 Å². The van der Waals surface area contributed by atoms with Gasteiger partial charge in [0.25, 0.3) is 0 Å². The Morgan fingerprint density at radius 1 is 1.15 bits per heavy atom. The van der Waals surface area contributed by atoms with Crippen molar-refractivity contribution in [3.63, 3.8) is 0 Å². The molecular formula is C16H16Cl2O2. The normalized spacial score (nSPS) is 12.2. The Morgan fingerprint density at radius 3 is 2.65 bits per heavy atom. The Bertz CT molecular complexity index is 584. The van der Waals surface area contributed by atoms with Crippen LogP contribution < -0.4 is 4.74 Å². The van der Waals surface area contributed by atoms with Gasteiger partial charge in [0.1, 0.15) is 5.75 Å². The van der Waals surface area contributed by atoms with Gasteiger partial charge in [0.2, 0.25) is 0 Å². The van der Waals surface area contributed by atoms with Gasteiger partial charge in [-0.1, -0.05) is 41.4 Å². The molecule has 1 atom stereocenters. The highest BCUT2D eigenvalue weighted by atomic mass is 35.5. The first-order valence-corrected chi connectivity index (χ1v) is 7.21. The second-order valence-corrected chi connectivity index (χ2v) is 5.27. The van der Waals surface area contributed by atoms with E-state index >= 15 is 0 Å². The minimum atomic E-state index is -0.686. The van der Waals surface area contributed by atoms with E-state index < -0.39 is 6.10 Å². The topological polar surface area (TPSA) is 29.5 Å². The summed E-state index contributed by atoms with van der Waals surface area (Å²) in [6.07, 6.45) is -0.294. The molecule has 0 bridgehead atoms. The molecule has 0 aliphatic rings. The SMILES string of the molecule is CCOc1ccccc1C(O)Cc1cc(Cl)ccc1Cl. The van der Waals surface area contributed by atoms with Crippen LogP contribution in [0.25, 0.3) is 0 Å². The zero-order chi connectivity index (χ0) is 14.5. The van der Waals surface area contributed by atoms with Gasteiger partial charge in [-0.05, 0) is 36.8 Å². The molecule has 0 aromatic heterocycles. The van der Waals surface area contributed by atoms with E-state index in [2.05, 4.69) is 0 Å². The van der Waals surface area contributed by atoms with Crippen LogP contribution in [0.3, 0.4) is 0 Å². The molecule has 4 heteroatoms. The fraction of sp³-hybridized carbons (Fsp3) is 0.250. The molecule has 0 heterocycles. The first-order chi connectivity index (χ1) is 9.61. The van der Waals surface area contributed by atoms with Crippen molar-refractivity contribution < 1.29 is 9.84 Å². The molecule has 1 N–H and O–H groups in total. The molecule has 20 heavy (non-hydrogen) atoms. The molecule has 0 fully saturated rings. The molecule has 0 amide bonds. The average molecular weight is 311 g/mol. The summed E-state index contributed by atoms with van der Waals surface area (Å²) in [5.74, 6) is 0.695. The maximum Gasteiger partial charge on any atom is 0.125 e. The van der Waals surface area contributed by atoms with Crippen LogP contribution in [0.2, 0.25) is 10.0 Å². The van der Waals surface area contributed by atoms with E-state index in [9.17, 15) is 5.11 Å². The fourth-order valence-electron chi connectivity index (χ4n) is 2.06. The van der Waals surface area contributed by atoms with Crippen molar-refractivity contribution in [2.75, 3.05) is 6.61 Å². The van der Waals surface area contributed by atoms with Crippen molar-refractivity contribution >= 4 is 23.2 Å². The molecule has 0 aliphatic heterocycles. The van der Waals surface area contributed by atoms with Gasteiger partial charge in [0.15, 0.2) is 0 Å². The van der Waals surface area contributed by atoms with E-state index in [0.717, 1.165) is 11.1 Å². The molecule has 2 aromatic carbocycles. The van der Waals surface area contributed by atoms with Gasteiger partial charge < -0.3 is 9.84 Å². The lowest BCUT2D eigenvalue weighted by molar-refractivity contribution is 0.172. The monoisotopic (exact) mass is 310 g/mol. The Balaban J connectivity index is 2.23. The summed E-state index contributed by atoms with van der Waals surface area (Å²) >= 11 is 12.1. The Hall–Kier alpha value is -1.22. The molecule has 2 aromatic rings. The van der Waals surface area contributed by atoms with Gasteiger partial charge in [0, 0.05) is 22.0 Å². The third kappa shape index (κ3) is 3.66. The number of aliphatic hydroxyl groups is 1. The summed E-state index contributed by atoms with van der Waals surface area (Å²) in [7, 11) is 0. The van der Waals surface area contributed by atoms with Crippen molar-refractivity contribution in [1.82, 2.24) is 0 Å². The minimum Gasteiger partial charge on any atom is -0.493 e. The molecule has 106 valence electrons. The van der Waals surface area contributed by atoms with Crippen molar-refractivity contribution in [2.45, 2.75) is 19.4 Å². The zero-order valence-corrected chi connectivity index (χ0v) is 12.7. The predicted molar refractivity (Wildman–Crippen MR) is 82.7 cm³/mol. The lowest BCUT2D eigenvalue weighted by Crippen LogP contribution is -2.05. The van der Waals surface area contributed by atoms with Crippen molar-refractivity contribution in [3.8, 4) is 5.75 Å². The molecule has 0 spiro atoms. The summed E-state index contributed by atoms with van der Waals surface area (Å²) in [5.41, 5.74) is 1.57. The summed E-state index contributed by atoms with van der Waals surface area (Å²) in [6.45, 7) is 2.47. The molecule has 2 rings (SSSR count). The lowest BCUT2D eigenvalue weighted by atomic mass is 10.0. The van der Waals surface area contributed by atoms with Gasteiger partial charge in [-0.3, -0.25) is 0 Å². The van der Waals surface area contributed by atoms with Crippen molar-refractivity contribution in [3.05, 3.63) is 63.6 Å². The van der Waals surface area contributed by atoms with Gasteiger partial charge >= 0.3 is 0 Å². The van der Waals surface area contributed by atoms with Gasteiger partial charge in [-0.25, -0.2) is 0 Å². The van der Waals surface area contributed by atoms with E-state index in [1.807, 2.05) is 31.2 Å². The first-order valence-electron chi connectivity index (χ1n) is 6.45. The van der Waals surface area contributed by atoms with E-state index in [4.69, 9.17) is 27.9 Å². The molecule has 0 saturated heterocycles. The highest BCUT2D eigenvalue weighted by molar-refractivity contribution is 6.33. The summed E-state index contributed by atoms with van der Waals surface area (Å²) in [4.78, 5) is 0. The van der Waals surface area contributed by atoms with Gasteiger partial charge in [-0.2, -0.15) is 0 Å². The number of ether oxygens (including phenoxy) is 1. The Labute approximate surface area is 128 Å². The zero-order valence-electron chi connectivity index (χ0n) is 11.1. The van der Waals surface area contributed by atoms with E-state index in [1.165, 1.54) is 0 Å². The number of rotatable bonds is 5. The van der Waals surface area contributed by atoms with Gasteiger partial charge in [-0.15, -0.1) is 0 Å².